The third-order valence-electron chi connectivity index (χ3n) is 3.54. The summed E-state index contributed by atoms with van der Waals surface area (Å²) in [6, 6.07) is 16.1. The van der Waals surface area contributed by atoms with Crippen LogP contribution in [0, 0.1) is 11.3 Å². The van der Waals surface area contributed by atoms with E-state index in [0.29, 0.717) is 28.3 Å². The van der Waals surface area contributed by atoms with E-state index in [0.717, 1.165) is 0 Å². The van der Waals surface area contributed by atoms with Crippen molar-refractivity contribution in [2.45, 2.75) is 19.4 Å². The number of hydrogen-bond acceptors (Lipinski definition) is 3. The Morgan fingerprint density at radius 2 is 1.88 bits per heavy atom. The fourth-order valence-corrected chi connectivity index (χ4v) is 2.55. The summed E-state index contributed by atoms with van der Waals surface area (Å²) in [6.07, 6.45) is 1.83. The van der Waals surface area contributed by atoms with Crippen LogP contribution in [0.2, 0.25) is 0 Å². The highest BCUT2D eigenvalue weighted by Crippen LogP contribution is 2.35. The Labute approximate surface area is 140 Å². The Morgan fingerprint density at radius 3 is 2.58 bits per heavy atom. The molecule has 0 saturated carbocycles. The molecule has 5 nitrogen and oxygen atoms in total. The highest BCUT2D eigenvalue weighted by molar-refractivity contribution is 5.96. The fraction of sp³-hybridized carbons (Fsp3) is 0.158. The molecule has 0 aliphatic carbocycles. The minimum Gasteiger partial charge on any atom is -0.483 e. The second kappa shape index (κ2) is 6.09. The molecule has 120 valence electrons. The summed E-state index contributed by atoms with van der Waals surface area (Å²) in [6.45, 7) is 3.82. The normalized spacial score (nSPS) is 14.5. The summed E-state index contributed by atoms with van der Waals surface area (Å²) in [5.41, 5.74) is 1.96. The maximum absolute atomic E-state index is 12.3. The van der Waals surface area contributed by atoms with Gasteiger partial charge in [0.2, 0.25) is 0 Å². The van der Waals surface area contributed by atoms with Gasteiger partial charge in [0.25, 0.3) is 0 Å². The number of urea groups is 1. The number of para-hydroxylation sites is 1. The maximum Gasteiger partial charge on any atom is 0.323 e. The first-order valence-electron chi connectivity index (χ1n) is 7.56. The lowest BCUT2D eigenvalue weighted by atomic mass is 9.98. The summed E-state index contributed by atoms with van der Waals surface area (Å²) < 4.78 is 5.89. The molecule has 2 aromatic carbocycles. The smallest absolute Gasteiger partial charge is 0.323 e. The predicted octanol–water partition coefficient (Wildman–Crippen LogP) is 3.89. The van der Waals surface area contributed by atoms with Gasteiger partial charge in [-0.3, -0.25) is 0 Å². The van der Waals surface area contributed by atoms with E-state index in [9.17, 15) is 4.79 Å². The molecule has 0 atom stereocenters. The van der Waals surface area contributed by atoms with E-state index in [1.807, 2.05) is 50.3 Å². The zero-order valence-electron chi connectivity index (χ0n) is 13.5. The van der Waals surface area contributed by atoms with Crippen molar-refractivity contribution < 1.29 is 9.53 Å². The molecule has 0 fully saturated rings. The van der Waals surface area contributed by atoms with Crippen LogP contribution in [0.4, 0.5) is 10.5 Å². The molecule has 1 heterocycles. The Bertz CT molecular complexity index is 849. The predicted molar refractivity (Wildman–Crippen MR) is 92.4 cm³/mol. The number of anilines is 1. The average molecular weight is 319 g/mol. The number of hydrogen-bond donors (Lipinski definition) is 2. The molecule has 0 unspecified atom stereocenters. The van der Waals surface area contributed by atoms with Gasteiger partial charge in [0.05, 0.1) is 17.3 Å². The van der Waals surface area contributed by atoms with Crippen LogP contribution in [0.5, 0.6) is 5.75 Å². The average Bonchev–Trinajstić information content (AvgIpc) is 2.54. The van der Waals surface area contributed by atoms with E-state index < -0.39 is 5.60 Å². The van der Waals surface area contributed by atoms with E-state index >= 15 is 0 Å². The van der Waals surface area contributed by atoms with Crippen LogP contribution < -0.4 is 15.4 Å². The minimum absolute atomic E-state index is 0.349. The van der Waals surface area contributed by atoms with Crippen LogP contribution >= 0.6 is 0 Å². The van der Waals surface area contributed by atoms with Gasteiger partial charge in [0.15, 0.2) is 0 Å². The molecule has 2 N–H and O–H groups in total. The van der Waals surface area contributed by atoms with Gasteiger partial charge in [0.1, 0.15) is 11.4 Å². The van der Waals surface area contributed by atoms with Gasteiger partial charge in [-0.1, -0.05) is 18.2 Å². The van der Waals surface area contributed by atoms with E-state index in [1.54, 1.807) is 18.2 Å². The minimum atomic E-state index is -0.559. The Kier molecular flexibility index (Phi) is 3.97. The van der Waals surface area contributed by atoms with E-state index in [-0.39, 0.29) is 6.03 Å². The van der Waals surface area contributed by atoms with Crippen LogP contribution in [0.1, 0.15) is 25.0 Å². The number of nitrogens with one attached hydrogen (secondary N) is 2. The number of benzene rings is 2. The molecule has 0 spiro atoms. The molecule has 2 aromatic rings. The van der Waals surface area contributed by atoms with Crippen LogP contribution in [-0.2, 0) is 0 Å². The van der Waals surface area contributed by atoms with Crippen molar-refractivity contribution in [3.63, 3.8) is 0 Å². The first kappa shape index (κ1) is 15.6. The van der Waals surface area contributed by atoms with Crippen LogP contribution in [0.3, 0.4) is 0 Å². The molecule has 1 aliphatic heterocycles. The van der Waals surface area contributed by atoms with Gasteiger partial charge >= 0.3 is 6.03 Å². The lowest BCUT2D eigenvalue weighted by Gasteiger charge is -2.31. The molecule has 2 amide bonds. The number of fused-ring (bicyclic) bond motifs is 1. The molecule has 0 aromatic heterocycles. The molecule has 0 bridgehead atoms. The van der Waals surface area contributed by atoms with Crippen molar-refractivity contribution in [2.75, 3.05) is 5.32 Å². The number of carbonyl (C=O) groups is 1. The summed E-state index contributed by atoms with van der Waals surface area (Å²) >= 11 is 0. The van der Waals surface area contributed by atoms with Gasteiger partial charge in [-0.25, -0.2) is 4.79 Å². The first-order valence-corrected chi connectivity index (χ1v) is 7.56. The molecule has 1 aliphatic rings. The van der Waals surface area contributed by atoms with E-state index in [1.165, 1.54) is 0 Å². The van der Waals surface area contributed by atoms with Crippen molar-refractivity contribution in [1.82, 2.24) is 5.32 Å². The second-order valence-corrected chi connectivity index (χ2v) is 6.03. The van der Waals surface area contributed by atoms with Crippen molar-refractivity contribution in [2.24, 2.45) is 0 Å². The highest BCUT2D eigenvalue weighted by atomic mass is 16.5. The molecular formula is C19H17N3O2. The number of nitriles is 1. The van der Waals surface area contributed by atoms with Crippen molar-refractivity contribution >= 4 is 17.4 Å². The van der Waals surface area contributed by atoms with Gasteiger partial charge in [-0.2, -0.15) is 5.26 Å². The summed E-state index contributed by atoms with van der Waals surface area (Å²) in [7, 11) is 0. The van der Waals surface area contributed by atoms with Gasteiger partial charge in [-0.05, 0) is 50.3 Å². The first-order chi connectivity index (χ1) is 11.5. The van der Waals surface area contributed by atoms with E-state index in [2.05, 4.69) is 16.7 Å². The van der Waals surface area contributed by atoms with Crippen molar-refractivity contribution in [1.29, 1.82) is 5.26 Å². The molecule has 5 heteroatoms. The molecule has 3 rings (SSSR count). The van der Waals surface area contributed by atoms with Crippen LogP contribution in [0.25, 0.3) is 5.70 Å². The topological polar surface area (TPSA) is 74.2 Å². The monoisotopic (exact) mass is 319 g/mol. The lowest BCUT2D eigenvalue weighted by Crippen LogP contribution is -2.35. The number of carbonyl (C=O) groups excluding carboxylic acids is 1. The number of nitrogens with zero attached hydrogens (tertiary/aromatic N) is 1. The van der Waals surface area contributed by atoms with Crippen LogP contribution in [0.15, 0.2) is 54.6 Å². The summed E-state index contributed by atoms with van der Waals surface area (Å²) in [4.78, 5) is 12.3. The SMILES string of the molecule is CC1(C)C=C(NC(=O)Nc2ccccc2)c2cc(C#N)ccc2O1. The fourth-order valence-electron chi connectivity index (χ4n) is 2.55. The third kappa shape index (κ3) is 3.39. The largest absolute Gasteiger partial charge is 0.483 e. The number of amides is 2. The summed E-state index contributed by atoms with van der Waals surface area (Å²) in [5.74, 6) is 0.636. The number of rotatable bonds is 2. The Morgan fingerprint density at radius 1 is 1.12 bits per heavy atom. The molecule has 24 heavy (non-hydrogen) atoms. The van der Waals surface area contributed by atoms with Gasteiger partial charge in [-0.15, -0.1) is 0 Å². The van der Waals surface area contributed by atoms with Gasteiger partial charge < -0.3 is 15.4 Å². The lowest BCUT2D eigenvalue weighted by molar-refractivity contribution is 0.157. The number of ether oxygens (including phenoxy) is 1. The Hall–Kier alpha value is -3.26. The second-order valence-electron chi connectivity index (χ2n) is 6.03. The van der Waals surface area contributed by atoms with Gasteiger partial charge in [0, 0.05) is 11.3 Å². The zero-order valence-corrected chi connectivity index (χ0v) is 13.5. The molecule has 0 radical (unpaired) electrons. The summed E-state index contributed by atoms with van der Waals surface area (Å²) in [5, 5.41) is 14.7. The van der Waals surface area contributed by atoms with Crippen molar-refractivity contribution in [3.05, 3.63) is 65.7 Å². The highest BCUT2D eigenvalue weighted by Gasteiger charge is 2.27. The quantitative estimate of drug-likeness (QED) is 0.882. The van der Waals surface area contributed by atoms with Crippen molar-refractivity contribution in [3.8, 4) is 11.8 Å². The van der Waals surface area contributed by atoms with E-state index in [4.69, 9.17) is 10.00 Å². The molecular weight excluding hydrogens is 302 g/mol. The standard InChI is InChI=1S/C19H17N3O2/c1-19(2)11-16(15-10-13(12-20)8-9-17(15)24-19)22-18(23)21-14-6-4-3-5-7-14/h3-11H,1-2H3,(H2,21,22,23). The maximum atomic E-state index is 12.3. The molecule has 0 saturated heterocycles. The van der Waals surface area contributed by atoms with Crippen LogP contribution in [-0.4, -0.2) is 11.6 Å². The zero-order chi connectivity index (χ0) is 17.2. The third-order valence-corrected chi connectivity index (χ3v) is 3.54. The Balaban J connectivity index is 1.87.